The van der Waals surface area contributed by atoms with Gasteiger partial charge in [0.1, 0.15) is 22.6 Å². The van der Waals surface area contributed by atoms with Crippen LogP contribution in [0.25, 0.3) is 21.8 Å². The van der Waals surface area contributed by atoms with Gasteiger partial charge in [-0.3, -0.25) is 14.2 Å². The molecule has 1 amide bonds. The summed E-state index contributed by atoms with van der Waals surface area (Å²) in [6.45, 7) is 0. The second-order valence-electron chi connectivity index (χ2n) is 11.1. The Bertz CT molecular complexity index is 1560. The van der Waals surface area contributed by atoms with Gasteiger partial charge in [0.25, 0.3) is 5.91 Å². The summed E-state index contributed by atoms with van der Waals surface area (Å²) < 4.78 is 24.7. The Kier molecular flexibility index (Phi) is 5.36. The van der Waals surface area contributed by atoms with Crippen LogP contribution in [0.2, 0.25) is 0 Å². The number of fused-ring (bicyclic) bond motifs is 4. The summed E-state index contributed by atoms with van der Waals surface area (Å²) in [7, 11) is 5.17. The maximum absolute atomic E-state index is 15.9. The third-order valence-electron chi connectivity index (χ3n) is 8.32. The van der Waals surface area contributed by atoms with Crippen molar-refractivity contribution in [2.45, 2.75) is 62.7 Å². The predicted octanol–water partition coefficient (Wildman–Crippen LogP) is 4.11. The first-order valence-corrected chi connectivity index (χ1v) is 13.4. The lowest BCUT2D eigenvalue weighted by Crippen LogP contribution is -2.49. The number of piperidine rings is 1. The molecular weight excluding hydrogens is 485 g/mol. The summed E-state index contributed by atoms with van der Waals surface area (Å²) in [6.07, 6.45) is 10.7. The fraction of sp³-hybridized carbons (Fsp3) is 0.464. The van der Waals surface area contributed by atoms with Crippen molar-refractivity contribution >= 4 is 39.1 Å². The largest absolute Gasteiger partial charge is 0.494 e. The van der Waals surface area contributed by atoms with Gasteiger partial charge in [0.2, 0.25) is 0 Å². The van der Waals surface area contributed by atoms with E-state index < -0.39 is 11.7 Å². The van der Waals surface area contributed by atoms with Gasteiger partial charge in [-0.1, -0.05) is 0 Å². The lowest BCUT2D eigenvalue weighted by Gasteiger charge is -2.41. The van der Waals surface area contributed by atoms with Gasteiger partial charge in [0, 0.05) is 67.5 Å². The number of hydrogen-bond acceptors (Lipinski definition) is 6. The molecule has 3 aliphatic rings. The summed E-state index contributed by atoms with van der Waals surface area (Å²) in [5.74, 6) is -0.671. The molecule has 4 aromatic rings. The average Bonchev–Trinajstić information content (AvgIpc) is 3.39. The number of anilines is 2. The summed E-state index contributed by atoms with van der Waals surface area (Å²) in [5, 5.41) is 17.3. The zero-order valence-electron chi connectivity index (χ0n) is 21.9. The van der Waals surface area contributed by atoms with Crippen LogP contribution < -0.4 is 20.3 Å². The molecule has 1 saturated carbocycles. The molecule has 0 spiro atoms. The molecule has 7 rings (SSSR count). The lowest BCUT2D eigenvalue weighted by atomic mass is 9.95. The molecule has 0 radical (unpaired) electrons. The molecule has 38 heavy (non-hydrogen) atoms. The van der Waals surface area contributed by atoms with Crippen molar-refractivity contribution in [2.75, 3.05) is 17.3 Å². The Morgan fingerprint density at radius 3 is 2.45 bits per heavy atom. The van der Waals surface area contributed by atoms with Crippen LogP contribution >= 0.6 is 0 Å². The first kappa shape index (κ1) is 23.5. The maximum Gasteiger partial charge on any atom is 0.261 e. The highest BCUT2D eigenvalue weighted by atomic mass is 19.1. The molecule has 3 fully saturated rings. The van der Waals surface area contributed by atoms with E-state index in [1.165, 1.54) is 20.0 Å². The fourth-order valence-corrected chi connectivity index (χ4v) is 6.59. The monoisotopic (exact) mass is 517 g/mol. The van der Waals surface area contributed by atoms with E-state index in [4.69, 9.17) is 4.74 Å². The fourth-order valence-electron chi connectivity index (χ4n) is 6.59. The van der Waals surface area contributed by atoms with Gasteiger partial charge >= 0.3 is 0 Å². The van der Waals surface area contributed by atoms with Crippen molar-refractivity contribution in [3.8, 4) is 5.75 Å². The van der Waals surface area contributed by atoms with Crippen molar-refractivity contribution < 1.29 is 13.9 Å². The van der Waals surface area contributed by atoms with E-state index in [0.29, 0.717) is 41.1 Å². The Morgan fingerprint density at radius 2 is 1.74 bits per heavy atom. The predicted molar refractivity (Wildman–Crippen MR) is 144 cm³/mol. The molecule has 9 nitrogen and oxygen atoms in total. The second-order valence-corrected chi connectivity index (χ2v) is 11.1. The smallest absolute Gasteiger partial charge is 0.261 e. The molecule has 4 heterocycles. The number of halogens is 1. The van der Waals surface area contributed by atoms with Gasteiger partial charge < -0.3 is 20.3 Å². The van der Waals surface area contributed by atoms with Crippen molar-refractivity contribution in [1.82, 2.24) is 24.9 Å². The van der Waals surface area contributed by atoms with Crippen molar-refractivity contribution in [3.63, 3.8) is 0 Å². The molecule has 2 aromatic heterocycles. The third-order valence-corrected chi connectivity index (χ3v) is 8.32. The highest BCUT2D eigenvalue weighted by molar-refractivity contribution is 6.15. The molecule has 2 aliphatic heterocycles. The zero-order chi connectivity index (χ0) is 26.1. The molecule has 1 unspecified atom stereocenters. The van der Waals surface area contributed by atoms with Crippen LogP contribution in [0.3, 0.4) is 0 Å². The second kappa shape index (κ2) is 8.69. The Hall–Kier alpha value is -3.66. The molecule has 2 saturated heterocycles. The lowest BCUT2D eigenvalue weighted by molar-refractivity contribution is 0.102. The van der Waals surface area contributed by atoms with Crippen LogP contribution in [0, 0.1) is 5.82 Å². The molecule has 198 valence electrons. The number of nitrogens with one attached hydrogen (secondary N) is 2. The Labute approximate surface area is 219 Å². The van der Waals surface area contributed by atoms with E-state index in [1.807, 2.05) is 26.5 Å². The van der Waals surface area contributed by atoms with E-state index in [1.54, 1.807) is 27.6 Å². The zero-order valence-corrected chi connectivity index (χ0v) is 21.9. The molecule has 1 aliphatic carbocycles. The van der Waals surface area contributed by atoms with Gasteiger partial charge in [-0.05, 0) is 50.7 Å². The quantitative estimate of drug-likeness (QED) is 0.400. The van der Waals surface area contributed by atoms with Crippen LogP contribution in [-0.2, 0) is 14.1 Å². The van der Waals surface area contributed by atoms with Crippen LogP contribution in [-0.4, -0.2) is 56.7 Å². The summed E-state index contributed by atoms with van der Waals surface area (Å²) >= 11 is 0. The van der Waals surface area contributed by atoms with Crippen LogP contribution in [0.4, 0.5) is 15.8 Å². The van der Waals surface area contributed by atoms with Crippen LogP contribution in [0.15, 0.2) is 30.6 Å². The standard InChI is InChI=1S/C28H32FN7O2/c1-34-13-15-8-23(25(38-3)12-22(15)32-34)31-28(37)26-21(29)11-24(20-14-35(2)33-27(20)26)36-18-6-7-19(36)10-17(9-18)30-16-4-5-16/h8,11-14,16-19,30H,4-7,9-10H2,1-3H3,(H,31,37)/t17?,18-,19+. The van der Waals surface area contributed by atoms with Gasteiger partial charge in [-0.2, -0.15) is 10.2 Å². The number of ether oxygens (including phenoxy) is 1. The minimum atomic E-state index is -0.567. The van der Waals surface area contributed by atoms with Gasteiger partial charge in [0.15, 0.2) is 0 Å². The topological polar surface area (TPSA) is 89.2 Å². The van der Waals surface area contributed by atoms with E-state index in [-0.39, 0.29) is 5.56 Å². The number of rotatable bonds is 6. The summed E-state index contributed by atoms with van der Waals surface area (Å²) in [5.41, 5.74) is 2.35. The molecule has 10 heteroatoms. The van der Waals surface area contributed by atoms with E-state index in [0.717, 1.165) is 47.7 Å². The van der Waals surface area contributed by atoms with Crippen LogP contribution in [0.5, 0.6) is 5.75 Å². The van der Waals surface area contributed by atoms with Gasteiger partial charge in [0.05, 0.1) is 24.0 Å². The number of amides is 1. The average molecular weight is 518 g/mol. The van der Waals surface area contributed by atoms with Crippen molar-refractivity contribution in [1.29, 1.82) is 0 Å². The third kappa shape index (κ3) is 3.89. The maximum atomic E-state index is 15.9. The number of aromatic nitrogens is 4. The number of nitrogens with zero attached hydrogens (tertiary/aromatic N) is 5. The molecule has 2 aromatic carbocycles. The first-order chi connectivity index (χ1) is 18.4. The minimum absolute atomic E-state index is 0.0599. The van der Waals surface area contributed by atoms with E-state index >= 15 is 4.39 Å². The molecular formula is C28H32FN7O2. The minimum Gasteiger partial charge on any atom is -0.494 e. The Morgan fingerprint density at radius 1 is 1.00 bits per heavy atom. The molecule has 3 atom stereocenters. The molecule has 2 bridgehead atoms. The highest BCUT2D eigenvalue weighted by Crippen LogP contribution is 2.44. The van der Waals surface area contributed by atoms with Gasteiger partial charge in [-0.15, -0.1) is 0 Å². The SMILES string of the molecule is COc1cc2nn(C)cc2cc1NC(=O)c1c(F)cc(N2[C@@H]3CC[C@H]2CC(NC2CC2)C3)c2cn(C)nc12. The van der Waals surface area contributed by atoms with Crippen molar-refractivity contribution in [3.05, 3.63) is 42.0 Å². The normalized spacial score (nSPS) is 22.9. The number of carbonyl (C=O) groups is 1. The molecule has 2 N–H and O–H groups in total. The van der Waals surface area contributed by atoms with E-state index in [2.05, 4.69) is 25.7 Å². The van der Waals surface area contributed by atoms with E-state index in [9.17, 15) is 4.79 Å². The Balaban J connectivity index is 1.24. The van der Waals surface area contributed by atoms with Crippen LogP contribution in [0.1, 0.15) is 48.9 Å². The number of benzene rings is 2. The number of aryl methyl sites for hydroxylation is 2. The number of methoxy groups -OCH3 is 1. The highest BCUT2D eigenvalue weighted by Gasteiger charge is 2.43. The number of carbonyl (C=O) groups excluding carboxylic acids is 1. The summed E-state index contributed by atoms with van der Waals surface area (Å²) in [6, 6.07) is 7.04. The van der Waals surface area contributed by atoms with Gasteiger partial charge in [-0.25, -0.2) is 4.39 Å². The first-order valence-electron chi connectivity index (χ1n) is 13.4. The van der Waals surface area contributed by atoms with Crippen molar-refractivity contribution in [2.24, 2.45) is 14.1 Å². The number of hydrogen-bond donors (Lipinski definition) is 2. The summed E-state index contributed by atoms with van der Waals surface area (Å²) in [4.78, 5) is 16.0.